The second-order valence-electron chi connectivity index (χ2n) is 4.89. The number of hydrogen-bond donors (Lipinski definition) is 2. The van der Waals surface area contributed by atoms with Crippen molar-refractivity contribution >= 4 is 25.7 Å². The van der Waals surface area contributed by atoms with Gasteiger partial charge >= 0.3 is 0 Å². The zero-order valence-electron chi connectivity index (χ0n) is 12.1. The molecule has 0 bridgehead atoms. The second-order valence-corrected chi connectivity index (χ2v) is 8.14. The molecule has 2 rings (SSSR count). The maximum Gasteiger partial charge on any atom is 0.261 e. The Labute approximate surface area is 130 Å². The van der Waals surface area contributed by atoms with E-state index in [1.165, 1.54) is 18.2 Å². The van der Waals surface area contributed by atoms with Gasteiger partial charge < -0.3 is 0 Å². The van der Waals surface area contributed by atoms with Gasteiger partial charge in [-0.1, -0.05) is 24.3 Å². The van der Waals surface area contributed by atoms with Crippen LogP contribution in [0, 0.1) is 13.8 Å². The summed E-state index contributed by atoms with van der Waals surface area (Å²) in [7, 11) is -7.88. The van der Waals surface area contributed by atoms with Crippen LogP contribution in [-0.2, 0) is 20.0 Å². The van der Waals surface area contributed by atoms with Crippen LogP contribution in [0.2, 0.25) is 0 Å². The molecule has 0 aromatic heterocycles. The van der Waals surface area contributed by atoms with Gasteiger partial charge in [0.2, 0.25) is 10.0 Å². The highest BCUT2D eigenvalue weighted by Crippen LogP contribution is 2.24. The Bertz CT molecular complexity index is 899. The van der Waals surface area contributed by atoms with Gasteiger partial charge in [-0.3, -0.25) is 4.72 Å². The van der Waals surface area contributed by atoms with Gasteiger partial charge in [-0.15, -0.1) is 0 Å². The minimum atomic E-state index is -3.97. The van der Waals surface area contributed by atoms with Gasteiger partial charge in [-0.05, 0) is 43.2 Å². The van der Waals surface area contributed by atoms with Gasteiger partial charge in [0.1, 0.15) is 0 Å². The third kappa shape index (κ3) is 3.46. The van der Waals surface area contributed by atoms with Crippen molar-refractivity contribution in [2.45, 2.75) is 23.6 Å². The van der Waals surface area contributed by atoms with E-state index in [0.717, 1.165) is 17.2 Å². The van der Waals surface area contributed by atoms with Gasteiger partial charge in [-0.2, -0.15) is 0 Å². The number of hydrogen-bond acceptors (Lipinski definition) is 4. The molecule has 6 nitrogen and oxygen atoms in total. The third-order valence-corrected chi connectivity index (χ3v) is 5.42. The predicted molar refractivity (Wildman–Crippen MR) is 84.5 cm³/mol. The van der Waals surface area contributed by atoms with Crippen molar-refractivity contribution in [3.8, 4) is 0 Å². The second kappa shape index (κ2) is 5.71. The van der Waals surface area contributed by atoms with E-state index in [1.54, 1.807) is 26.0 Å². The number of benzene rings is 2. The molecule has 8 heteroatoms. The molecule has 0 spiro atoms. The summed E-state index contributed by atoms with van der Waals surface area (Å²) in [5, 5.41) is 5.03. The molecule has 118 valence electrons. The number of primary sulfonamides is 1. The van der Waals surface area contributed by atoms with E-state index in [2.05, 4.69) is 4.72 Å². The molecule has 0 aliphatic carbocycles. The first kappa shape index (κ1) is 16.5. The summed E-state index contributed by atoms with van der Waals surface area (Å²) in [6.45, 7) is 3.57. The highest BCUT2D eigenvalue weighted by Gasteiger charge is 2.19. The molecule has 0 saturated heterocycles. The van der Waals surface area contributed by atoms with Crippen LogP contribution in [0.3, 0.4) is 0 Å². The van der Waals surface area contributed by atoms with E-state index in [4.69, 9.17) is 5.14 Å². The lowest BCUT2D eigenvalue weighted by atomic mass is 10.1. The normalized spacial score (nSPS) is 12.1. The number of aryl methyl sites for hydroxylation is 2. The first-order valence-corrected chi connectivity index (χ1v) is 9.36. The lowest BCUT2D eigenvalue weighted by Gasteiger charge is -2.13. The van der Waals surface area contributed by atoms with Gasteiger partial charge in [0, 0.05) is 0 Å². The quantitative estimate of drug-likeness (QED) is 0.884. The fraction of sp³-hybridized carbons (Fsp3) is 0.143. The molecule has 0 aliphatic rings. The van der Waals surface area contributed by atoms with Gasteiger partial charge in [0.25, 0.3) is 10.0 Å². The number of para-hydroxylation sites is 1. The Morgan fingerprint density at radius 3 is 1.91 bits per heavy atom. The Kier molecular flexibility index (Phi) is 4.28. The minimum Gasteiger partial charge on any atom is -0.279 e. The summed E-state index contributed by atoms with van der Waals surface area (Å²) in [5.74, 6) is 0. The van der Waals surface area contributed by atoms with E-state index in [1.807, 2.05) is 6.07 Å². The molecular weight excluding hydrogens is 324 g/mol. The van der Waals surface area contributed by atoms with Crippen molar-refractivity contribution in [2.24, 2.45) is 5.14 Å². The van der Waals surface area contributed by atoms with E-state index >= 15 is 0 Å². The van der Waals surface area contributed by atoms with Crippen LogP contribution in [-0.4, -0.2) is 16.8 Å². The molecule has 0 aliphatic heterocycles. The van der Waals surface area contributed by atoms with Crippen LogP contribution in [0.25, 0.3) is 0 Å². The van der Waals surface area contributed by atoms with Crippen LogP contribution in [0.15, 0.2) is 52.3 Å². The molecule has 2 aromatic rings. The smallest absolute Gasteiger partial charge is 0.261 e. The SMILES string of the molecule is Cc1cccc(C)c1NS(=O)(=O)c1cccc(S(N)(=O)=O)c1. The third-order valence-electron chi connectivity index (χ3n) is 3.16. The molecule has 0 amide bonds. The molecule has 0 saturated carbocycles. The average molecular weight is 340 g/mol. The lowest BCUT2D eigenvalue weighted by molar-refractivity contribution is 0.597. The summed E-state index contributed by atoms with van der Waals surface area (Å²) in [4.78, 5) is -0.418. The van der Waals surface area contributed by atoms with E-state index in [-0.39, 0.29) is 9.79 Å². The van der Waals surface area contributed by atoms with Crippen LogP contribution < -0.4 is 9.86 Å². The maximum atomic E-state index is 12.4. The number of rotatable bonds is 4. The summed E-state index contributed by atoms with van der Waals surface area (Å²) < 4.78 is 50.0. The Morgan fingerprint density at radius 2 is 1.36 bits per heavy atom. The first-order valence-electron chi connectivity index (χ1n) is 6.33. The summed E-state index contributed by atoms with van der Waals surface area (Å²) in [6.07, 6.45) is 0. The van der Waals surface area contributed by atoms with Crippen molar-refractivity contribution in [3.05, 3.63) is 53.6 Å². The van der Waals surface area contributed by atoms with Crippen molar-refractivity contribution in [2.75, 3.05) is 4.72 Å². The highest BCUT2D eigenvalue weighted by atomic mass is 32.2. The van der Waals surface area contributed by atoms with E-state index in [9.17, 15) is 16.8 Å². The zero-order chi connectivity index (χ0) is 16.5. The molecular formula is C14H16N2O4S2. The number of nitrogens with one attached hydrogen (secondary N) is 1. The molecule has 22 heavy (non-hydrogen) atoms. The Balaban J connectivity index is 2.48. The van der Waals surface area contributed by atoms with Gasteiger partial charge in [-0.25, -0.2) is 22.0 Å². The van der Waals surface area contributed by atoms with Gasteiger partial charge in [0.05, 0.1) is 15.5 Å². The van der Waals surface area contributed by atoms with Crippen molar-refractivity contribution in [3.63, 3.8) is 0 Å². The van der Waals surface area contributed by atoms with Crippen LogP contribution in [0.1, 0.15) is 11.1 Å². The van der Waals surface area contributed by atoms with E-state index in [0.29, 0.717) is 5.69 Å². The fourth-order valence-electron chi connectivity index (χ4n) is 1.99. The summed E-state index contributed by atoms with van der Waals surface area (Å²) >= 11 is 0. The van der Waals surface area contributed by atoms with Crippen LogP contribution >= 0.6 is 0 Å². The van der Waals surface area contributed by atoms with Crippen molar-refractivity contribution in [1.29, 1.82) is 0 Å². The number of nitrogens with two attached hydrogens (primary N) is 1. The standard InChI is InChI=1S/C14H16N2O4S2/c1-10-5-3-6-11(2)14(10)16-22(19,20)13-8-4-7-12(9-13)21(15,17)18/h3-9,16H,1-2H3,(H2,15,17,18). The highest BCUT2D eigenvalue weighted by molar-refractivity contribution is 7.93. The molecule has 0 radical (unpaired) electrons. The lowest BCUT2D eigenvalue weighted by Crippen LogP contribution is -2.17. The molecule has 0 atom stereocenters. The number of sulfonamides is 2. The monoisotopic (exact) mass is 340 g/mol. The van der Waals surface area contributed by atoms with Gasteiger partial charge in [0.15, 0.2) is 0 Å². The average Bonchev–Trinajstić information content (AvgIpc) is 2.42. The van der Waals surface area contributed by atoms with Crippen LogP contribution in [0.4, 0.5) is 5.69 Å². The topological polar surface area (TPSA) is 106 Å². The van der Waals surface area contributed by atoms with Crippen LogP contribution in [0.5, 0.6) is 0 Å². The zero-order valence-corrected chi connectivity index (χ0v) is 13.7. The fourth-order valence-corrected chi connectivity index (χ4v) is 3.87. The summed E-state index contributed by atoms with van der Waals surface area (Å²) in [6, 6.07) is 10.3. The Hall–Kier alpha value is -1.90. The molecule has 2 aromatic carbocycles. The molecule has 0 heterocycles. The predicted octanol–water partition coefficient (Wildman–Crippen LogP) is 1.75. The molecule has 0 fully saturated rings. The molecule has 3 N–H and O–H groups in total. The van der Waals surface area contributed by atoms with E-state index < -0.39 is 20.0 Å². The van der Waals surface area contributed by atoms with Crippen molar-refractivity contribution < 1.29 is 16.8 Å². The first-order chi connectivity index (χ1) is 10.1. The number of anilines is 1. The van der Waals surface area contributed by atoms with Crippen molar-refractivity contribution in [1.82, 2.24) is 0 Å². The maximum absolute atomic E-state index is 12.4. The minimum absolute atomic E-state index is 0.165. The molecule has 0 unspecified atom stereocenters. The Morgan fingerprint density at radius 1 is 0.864 bits per heavy atom. The largest absolute Gasteiger partial charge is 0.279 e. The summed E-state index contributed by atoms with van der Waals surface area (Å²) in [5.41, 5.74) is 2.01.